The number of fused-ring (bicyclic) bond motifs is 1. The fourth-order valence-corrected chi connectivity index (χ4v) is 4.53. The van der Waals surface area contributed by atoms with Gasteiger partial charge in [-0.3, -0.25) is 9.59 Å². The standard InChI is InChI=1S/C27H29ClN4O4.H2S/c1-4-13-36-27(35)32-12-11-31(16-17(32)2)26(34)20-9-10-21-22(28)15-23(30-24(21)14-20)18-5-7-19(8-6-18)25(33)29-3;/h5-10,14-15,17H,4,11-13,16H2,1-3H3,(H,29,33);1H2/t17-;/m0./s1. The van der Waals surface area contributed by atoms with Crippen LogP contribution in [0.4, 0.5) is 4.79 Å². The van der Waals surface area contributed by atoms with Gasteiger partial charge in [-0.05, 0) is 43.7 Å². The molecule has 0 radical (unpaired) electrons. The van der Waals surface area contributed by atoms with Gasteiger partial charge >= 0.3 is 6.09 Å². The summed E-state index contributed by atoms with van der Waals surface area (Å²) in [6, 6.07) is 14.0. The summed E-state index contributed by atoms with van der Waals surface area (Å²) in [6.07, 6.45) is 0.429. The smallest absolute Gasteiger partial charge is 0.410 e. The summed E-state index contributed by atoms with van der Waals surface area (Å²) in [4.78, 5) is 45.6. The van der Waals surface area contributed by atoms with Crippen LogP contribution in [0.2, 0.25) is 5.02 Å². The Hall–Kier alpha value is -3.30. The number of hydrogen-bond acceptors (Lipinski definition) is 5. The van der Waals surface area contributed by atoms with E-state index in [-0.39, 0.29) is 37.4 Å². The minimum absolute atomic E-state index is 0. The van der Waals surface area contributed by atoms with Gasteiger partial charge in [0.15, 0.2) is 0 Å². The average Bonchev–Trinajstić information content (AvgIpc) is 2.90. The van der Waals surface area contributed by atoms with Crippen LogP contribution < -0.4 is 5.32 Å². The predicted octanol–water partition coefficient (Wildman–Crippen LogP) is 4.72. The lowest BCUT2D eigenvalue weighted by Gasteiger charge is -2.39. The molecule has 4 rings (SSSR count). The molecule has 1 atom stereocenters. The van der Waals surface area contributed by atoms with Crippen molar-refractivity contribution in [1.82, 2.24) is 20.1 Å². The third-order valence-corrected chi connectivity index (χ3v) is 6.57. The molecule has 1 saturated heterocycles. The summed E-state index contributed by atoms with van der Waals surface area (Å²) in [7, 11) is 1.59. The molecule has 1 aliphatic rings. The highest BCUT2D eigenvalue weighted by Gasteiger charge is 2.31. The maximum absolute atomic E-state index is 13.3. The van der Waals surface area contributed by atoms with E-state index in [1.165, 1.54) is 0 Å². The summed E-state index contributed by atoms with van der Waals surface area (Å²) in [5.74, 6) is -0.286. The summed E-state index contributed by atoms with van der Waals surface area (Å²) in [6.45, 7) is 5.51. The lowest BCUT2D eigenvalue weighted by atomic mass is 10.0. The van der Waals surface area contributed by atoms with Gasteiger partial charge in [0, 0.05) is 54.8 Å². The Morgan fingerprint density at radius 3 is 2.43 bits per heavy atom. The number of carbonyl (C=O) groups excluding carboxylic acids is 3. The SMILES string of the molecule is CCCOC(=O)N1CCN(C(=O)c2ccc3c(Cl)cc(-c4ccc(C(=O)NC)cc4)nc3c2)C[C@@H]1C.S. The van der Waals surface area contributed by atoms with Crippen molar-refractivity contribution in [1.29, 1.82) is 0 Å². The van der Waals surface area contributed by atoms with Crippen LogP contribution in [0.25, 0.3) is 22.2 Å². The summed E-state index contributed by atoms with van der Waals surface area (Å²) >= 11 is 6.55. The van der Waals surface area contributed by atoms with E-state index < -0.39 is 0 Å². The van der Waals surface area contributed by atoms with Crippen molar-refractivity contribution in [3.05, 3.63) is 64.7 Å². The molecule has 2 aromatic carbocycles. The highest BCUT2D eigenvalue weighted by molar-refractivity contribution is 7.59. The normalized spacial score (nSPS) is 15.2. The molecule has 0 aliphatic carbocycles. The number of piperazine rings is 1. The Balaban J connectivity index is 0.00000380. The molecule has 1 fully saturated rings. The van der Waals surface area contributed by atoms with Crippen LogP contribution in [-0.4, -0.2) is 72.0 Å². The van der Waals surface area contributed by atoms with Crippen LogP contribution >= 0.6 is 25.1 Å². The highest BCUT2D eigenvalue weighted by atomic mass is 35.5. The average molecular weight is 543 g/mol. The molecular weight excluding hydrogens is 512 g/mol. The zero-order valence-corrected chi connectivity index (χ0v) is 22.8. The molecule has 2 heterocycles. The fraction of sp³-hybridized carbons (Fsp3) is 0.333. The van der Waals surface area contributed by atoms with E-state index in [2.05, 4.69) is 5.32 Å². The molecule has 0 spiro atoms. The fourth-order valence-electron chi connectivity index (χ4n) is 4.27. The van der Waals surface area contributed by atoms with Crippen molar-refractivity contribution in [2.45, 2.75) is 26.3 Å². The maximum atomic E-state index is 13.3. The van der Waals surface area contributed by atoms with E-state index in [1.54, 1.807) is 53.2 Å². The minimum atomic E-state index is -0.336. The molecule has 196 valence electrons. The first-order chi connectivity index (χ1) is 17.3. The second-order valence-corrected chi connectivity index (χ2v) is 9.19. The molecule has 0 saturated carbocycles. The van der Waals surface area contributed by atoms with Gasteiger partial charge in [-0.1, -0.05) is 36.7 Å². The molecule has 1 aliphatic heterocycles. The molecule has 1 aromatic heterocycles. The molecule has 0 unspecified atom stereocenters. The van der Waals surface area contributed by atoms with Crippen molar-refractivity contribution in [2.75, 3.05) is 33.3 Å². The number of rotatable bonds is 5. The molecule has 3 amide bonds. The van der Waals surface area contributed by atoms with E-state index in [4.69, 9.17) is 21.3 Å². The number of pyridine rings is 1. The first-order valence-electron chi connectivity index (χ1n) is 12.0. The van der Waals surface area contributed by atoms with E-state index in [0.29, 0.717) is 53.6 Å². The van der Waals surface area contributed by atoms with Crippen molar-refractivity contribution < 1.29 is 19.1 Å². The summed E-state index contributed by atoms with van der Waals surface area (Å²) in [5.41, 5.74) is 3.12. The number of benzene rings is 2. The number of halogens is 1. The van der Waals surface area contributed by atoms with E-state index in [9.17, 15) is 14.4 Å². The largest absolute Gasteiger partial charge is 0.449 e. The van der Waals surface area contributed by atoms with E-state index >= 15 is 0 Å². The van der Waals surface area contributed by atoms with Crippen LogP contribution in [0.1, 0.15) is 41.0 Å². The Morgan fingerprint density at radius 1 is 1.08 bits per heavy atom. The summed E-state index contributed by atoms with van der Waals surface area (Å²) < 4.78 is 5.26. The number of ether oxygens (including phenoxy) is 1. The van der Waals surface area contributed by atoms with Gasteiger partial charge in [0.1, 0.15) is 0 Å². The third kappa shape index (κ3) is 6.17. The number of nitrogens with one attached hydrogen (secondary N) is 1. The lowest BCUT2D eigenvalue weighted by Crippen LogP contribution is -2.55. The number of nitrogens with zero attached hydrogens (tertiary/aromatic N) is 3. The third-order valence-electron chi connectivity index (χ3n) is 6.26. The van der Waals surface area contributed by atoms with E-state index in [1.807, 2.05) is 26.0 Å². The van der Waals surface area contributed by atoms with Gasteiger partial charge in [-0.2, -0.15) is 13.5 Å². The Kier molecular flexibility index (Phi) is 9.39. The molecule has 3 aromatic rings. The highest BCUT2D eigenvalue weighted by Crippen LogP contribution is 2.29. The van der Waals surface area contributed by atoms with Crippen LogP contribution in [-0.2, 0) is 4.74 Å². The maximum Gasteiger partial charge on any atom is 0.410 e. The topological polar surface area (TPSA) is 91.8 Å². The Morgan fingerprint density at radius 2 is 1.78 bits per heavy atom. The zero-order valence-electron chi connectivity index (χ0n) is 21.1. The minimum Gasteiger partial charge on any atom is -0.449 e. The zero-order chi connectivity index (χ0) is 25.8. The number of amides is 3. The van der Waals surface area contributed by atoms with Crippen LogP contribution in [0.15, 0.2) is 48.5 Å². The van der Waals surface area contributed by atoms with Gasteiger partial charge in [0.25, 0.3) is 11.8 Å². The van der Waals surface area contributed by atoms with Crippen LogP contribution in [0.3, 0.4) is 0 Å². The molecule has 0 bridgehead atoms. The second-order valence-electron chi connectivity index (χ2n) is 8.79. The molecular formula is C27H31ClN4O4S. The van der Waals surface area contributed by atoms with Crippen molar-refractivity contribution in [3.63, 3.8) is 0 Å². The van der Waals surface area contributed by atoms with Crippen LogP contribution in [0, 0.1) is 0 Å². The van der Waals surface area contributed by atoms with Gasteiger partial charge in [0.2, 0.25) is 0 Å². The van der Waals surface area contributed by atoms with Gasteiger partial charge < -0.3 is 19.9 Å². The monoisotopic (exact) mass is 542 g/mol. The number of carbonyl (C=O) groups is 3. The van der Waals surface area contributed by atoms with Crippen molar-refractivity contribution in [2.24, 2.45) is 0 Å². The lowest BCUT2D eigenvalue weighted by molar-refractivity contribution is 0.0412. The number of aromatic nitrogens is 1. The van der Waals surface area contributed by atoms with Gasteiger partial charge in [0.05, 0.1) is 22.8 Å². The molecule has 37 heavy (non-hydrogen) atoms. The van der Waals surface area contributed by atoms with Crippen LogP contribution in [0.5, 0.6) is 0 Å². The van der Waals surface area contributed by atoms with E-state index in [0.717, 1.165) is 17.4 Å². The molecule has 1 N–H and O–H groups in total. The number of hydrogen-bond donors (Lipinski definition) is 1. The first-order valence-corrected chi connectivity index (χ1v) is 12.4. The first kappa shape index (κ1) is 28.3. The quantitative estimate of drug-likeness (QED) is 0.503. The molecule has 8 nitrogen and oxygen atoms in total. The Bertz CT molecular complexity index is 1300. The Labute approximate surface area is 228 Å². The predicted molar refractivity (Wildman–Crippen MR) is 150 cm³/mol. The second kappa shape index (κ2) is 12.3. The summed E-state index contributed by atoms with van der Waals surface area (Å²) in [5, 5.41) is 3.87. The van der Waals surface area contributed by atoms with Crippen molar-refractivity contribution >= 4 is 53.9 Å². The van der Waals surface area contributed by atoms with Gasteiger partial charge in [-0.25, -0.2) is 9.78 Å². The van der Waals surface area contributed by atoms with Crippen molar-refractivity contribution in [3.8, 4) is 11.3 Å². The van der Waals surface area contributed by atoms with Gasteiger partial charge in [-0.15, -0.1) is 0 Å². The molecule has 10 heteroatoms.